The van der Waals surface area contributed by atoms with Crippen LogP contribution in [0.5, 0.6) is 0 Å². The normalized spacial score (nSPS) is 15.7. The van der Waals surface area contributed by atoms with Gasteiger partial charge in [-0.3, -0.25) is 14.7 Å². The molecule has 0 bridgehead atoms. The van der Waals surface area contributed by atoms with Crippen molar-refractivity contribution in [3.63, 3.8) is 0 Å². The van der Waals surface area contributed by atoms with Gasteiger partial charge in [-0.15, -0.1) is 0 Å². The maximum absolute atomic E-state index is 13.7. The summed E-state index contributed by atoms with van der Waals surface area (Å²) in [7, 11) is 0. The van der Waals surface area contributed by atoms with Gasteiger partial charge in [0.15, 0.2) is 11.6 Å². The van der Waals surface area contributed by atoms with E-state index >= 15 is 0 Å². The predicted octanol–water partition coefficient (Wildman–Crippen LogP) is 4.90. The molecule has 0 atom stereocenters. The lowest BCUT2D eigenvalue weighted by Crippen LogP contribution is -2.37. The number of allylic oxidation sites excluding steroid dienone is 1. The number of alkyl halides is 3. The van der Waals surface area contributed by atoms with Crippen LogP contribution in [0.15, 0.2) is 59.2 Å². The van der Waals surface area contributed by atoms with E-state index in [0.717, 1.165) is 17.0 Å². The van der Waals surface area contributed by atoms with Gasteiger partial charge in [0.2, 0.25) is 5.84 Å². The molecule has 146 valence electrons. The molecule has 0 unspecified atom stereocenters. The molecule has 1 heterocycles. The van der Waals surface area contributed by atoms with Crippen LogP contribution in [0.25, 0.3) is 0 Å². The summed E-state index contributed by atoms with van der Waals surface area (Å²) in [6, 6.07) is 8.67. The Morgan fingerprint density at radius 2 is 1.82 bits per heavy atom. The summed E-state index contributed by atoms with van der Waals surface area (Å²) in [5.41, 5.74) is 0.304. The number of nitrogens with zero attached hydrogens (tertiary/aromatic N) is 2. The number of nitrogens with one attached hydrogen (secondary N) is 1. The molecule has 3 rings (SSSR count). The molecule has 1 aliphatic rings. The maximum Gasteiger partial charge on any atom is 0.449 e. The summed E-state index contributed by atoms with van der Waals surface area (Å²) in [5, 5.41) is 2.38. The first-order chi connectivity index (χ1) is 13.2. The van der Waals surface area contributed by atoms with Crippen LogP contribution in [0.1, 0.15) is 17.3 Å². The number of aliphatic imine (C=N–C) groups is 1. The van der Waals surface area contributed by atoms with Crippen LogP contribution in [-0.4, -0.2) is 24.5 Å². The van der Waals surface area contributed by atoms with E-state index in [1.807, 2.05) is 0 Å². The summed E-state index contributed by atoms with van der Waals surface area (Å²) in [5.74, 6) is -4.34. The topological polar surface area (TPSA) is 44.7 Å². The van der Waals surface area contributed by atoms with E-state index in [-0.39, 0.29) is 17.9 Å². The van der Waals surface area contributed by atoms with Crippen molar-refractivity contribution in [3.05, 3.63) is 71.4 Å². The summed E-state index contributed by atoms with van der Waals surface area (Å²) in [6.07, 6.45) is -3.09. The predicted molar refractivity (Wildman–Crippen MR) is 95.3 cm³/mol. The van der Waals surface area contributed by atoms with Gasteiger partial charge in [0, 0.05) is 17.1 Å². The summed E-state index contributed by atoms with van der Waals surface area (Å²) in [4.78, 5) is 16.6. The van der Waals surface area contributed by atoms with Crippen molar-refractivity contribution < 1.29 is 26.7 Å². The zero-order chi connectivity index (χ0) is 20.5. The first-order valence-electron chi connectivity index (χ1n) is 8.14. The van der Waals surface area contributed by atoms with Crippen molar-refractivity contribution in [1.82, 2.24) is 0 Å². The Bertz CT molecular complexity index is 965. The molecule has 2 aromatic carbocycles. The summed E-state index contributed by atoms with van der Waals surface area (Å²) in [6.45, 7) is 1.52. The van der Waals surface area contributed by atoms with Crippen molar-refractivity contribution in [2.45, 2.75) is 13.1 Å². The van der Waals surface area contributed by atoms with Gasteiger partial charge in [-0.05, 0) is 43.3 Å². The van der Waals surface area contributed by atoms with E-state index in [9.17, 15) is 26.7 Å². The highest BCUT2D eigenvalue weighted by atomic mass is 19.4. The van der Waals surface area contributed by atoms with Gasteiger partial charge < -0.3 is 5.32 Å². The first kappa shape index (κ1) is 19.5. The Morgan fingerprint density at radius 3 is 2.43 bits per heavy atom. The van der Waals surface area contributed by atoms with Gasteiger partial charge in [0.1, 0.15) is 0 Å². The third-order valence-corrected chi connectivity index (χ3v) is 4.06. The number of carbonyl (C=O) groups excluding carboxylic acids is 1. The summed E-state index contributed by atoms with van der Waals surface area (Å²) < 4.78 is 66.5. The minimum absolute atomic E-state index is 0.0946. The number of halogens is 5. The molecule has 1 amide bonds. The van der Waals surface area contributed by atoms with E-state index in [4.69, 9.17) is 0 Å². The van der Waals surface area contributed by atoms with Gasteiger partial charge in [0.05, 0.1) is 12.1 Å². The number of rotatable bonds is 3. The number of amidine groups is 1. The number of carbonyl (C=O) groups is 1. The molecule has 4 nitrogen and oxygen atoms in total. The van der Waals surface area contributed by atoms with Gasteiger partial charge in [0.25, 0.3) is 5.91 Å². The lowest BCUT2D eigenvalue weighted by molar-refractivity contribution is -0.0595. The molecule has 0 saturated carbocycles. The minimum atomic E-state index is -4.62. The molecule has 0 fully saturated rings. The van der Waals surface area contributed by atoms with Crippen LogP contribution in [0.4, 0.5) is 33.3 Å². The molecule has 2 aromatic rings. The highest BCUT2D eigenvalue weighted by Crippen LogP contribution is 2.32. The van der Waals surface area contributed by atoms with Crippen LogP contribution in [0.3, 0.4) is 0 Å². The molecule has 0 saturated heterocycles. The van der Waals surface area contributed by atoms with Gasteiger partial charge in [-0.1, -0.05) is 12.1 Å². The van der Waals surface area contributed by atoms with Crippen molar-refractivity contribution in [1.29, 1.82) is 0 Å². The Labute approximate surface area is 157 Å². The monoisotopic (exact) mass is 395 g/mol. The molecule has 0 radical (unpaired) electrons. The van der Waals surface area contributed by atoms with E-state index in [1.54, 1.807) is 6.92 Å². The number of benzene rings is 2. The lowest BCUT2D eigenvalue weighted by atomic mass is 10.1. The average molecular weight is 395 g/mol. The zero-order valence-corrected chi connectivity index (χ0v) is 14.5. The van der Waals surface area contributed by atoms with E-state index in [1.165, 1.54) is 36.4 Å². The zero-order valence-electron chi connectivity index (χ0n) is 14.5. The number of hydrogen-bond acceptors (Lipinski definition) is 3. The minimum Gasteiger partial charge on any atom is -0.322 e. The smallest absolute Gasteiger partial charge is 0.322 e. The van der Waals surface area contributed by atoms with E-state index in [2.05, 4.69) is 10.3 Å². The number of hydrogen-bond donors (Lipinski definition) is 1. The van der Waals surface area contributed by atoms with Gasteiger partial charge in [-0.25, -0.2) is 8.78 Å². The summed E-state index contributed by atoms with van der Waals surface area (Å²) >= 11 is 0. The Kier molecular flexibility index (Phi) is 5.17. The fourth-order valence-corrected chi connectivity index (χ4v) is 2.73. The third-order valence-electron chi connectivity index (χ3n) is 4.06. The number of amides is 1. The number of anilines is 2. The van der Waals surface area contributed by atoms with Crippen LogP contribution in [0.2, 0.25) is 0 Å². The molecule has 9 heteroatoms. The fourth-order valence-electron chi connectivity index (χ4n) is 2.73. The second kappa shape index (κ2) is 7.41. The molecular weight excluding hydrogens is 381 g/mol. The standard InChI is InChI=1S/C19H14F5N3O/c1-2-12-10-25-18(19(22,23)24)27(12)13-8-6-11(7-9-13)26-17(28)14-4-3-5-15(20)16(14)21/h2-9H,10H2,1H3,(H,26,28)/b12-2+. The second-order valence-electron chi connectivity index (χ2n) is 5.86. The molecule has 0 aromatic heterocycles. The third kappa shape index (κ3) is 3.73. The van der Waals surface area contributed by atoms with Crippen molar-refractivity contribution >= 4 is 23.1 Å². The quantitative estimate of drug-likeness (QED) is 0.752. The van der Waals surface area contributed by atoms with Crippen molar-refractivity contribution in [3.8, 4) is 0 Å². The Morgan fingerprint density at radius 1 is 1.14 bits per heavy atom. The molecular formula is C19H14F5N3O. The Hall–Kier alpha value is -3.23. The van der Waals surface area contributed by atoms with Gasteiger partial charge >= 0.3 is 6.18 Å². The highest BCUT2D eigenvalue weighted by molar-refractivity contribution is 6.07. The molecule has 0 aliphatic carbocycles. The molecule has 1 aliphatic heterocycles. The fraction of sp³-hybridized carbons (Fsp3) is 0.158. The largest absolute Gasteiger partial charge is 0.449 e. The average Bonchev–Trinajstić information content (AvgIpc) is 3.09. The second-order valence-corrected chi connectivity index (χ2v) is 5.86. The lowest BCUT2D eigenvalue weighted by Gasteiger charge is -2.23. The van der Waals surface area contributed by atoms with Crippen molar-refractivity contribution in [2.24, 2.45) is 4.99 Å². The first-order valence-corrected chi connectivity index (χ1v) is 8.14. The Balaban J connectivity index is 1.82. The van der Waals surface area contributed by atoms with Crippen LogP contribution in [0, 0.1) is 11.6 Å². The molecule has 28 heavy (non-hydrogen) atoms. The molecule has 0 spiro atoms. The highest BCUT2D eigenvalue weighted by Gasteiger charge is 2.44. The maximum atomic E-state index is 13.7. The van der Waals surface area contributed by atoms with Crippen molar-refractivity contribution in [2.75, 3.05) is 16.8 Å². The molecule has 1 N–H and O–H groups in total. The van der Waals surface area contributed by atoms with Crippen LogP contribution >= 0.6 is 0 Å². The van der Waals surface area contributed by atoms with E-state index in [0.29, 0.717) is 5.70 Å². The van der Waals surface area contributed by atoms with Crippen LogP contribution < -0.4 is 10.2 Å². The van der Waals surface area contributed by atoms with Gasteiger partial charge in [-0.2, -0.15) is 13.2 Å². The van der Waals surface area contributed by atoms with E-state index < -0.39 is 35.1 Å². The SMILES string of the molecule is C/C=C1\CN=C(C(F)(F)F)N1c1ccc(NC(=O)c2cccc(F)c2F)cc1. The van der Waals surface area contributed by atoms with Crippen LogP contribution in [-0.2, 0) is 0 Å².